The topological polar surface area (TPSA) is 70.7 Å². The number of hydrogen-bond acceptors (Lipinski definition) is 2. The van der Waals surface area contributed by atoms with E-state index in [4.69, 9.17) is 5.73 Å². The summed E-state index contributed by atoms with van der Waals surface area (Å²) in [5.41, 5.74) is 7.56. The minimum atomic E-state index is -0.415. The molecule has 0 aromatic heterocycles. The van der Waals surface area contributed by atoms with Crippen LogP contribution in [0.5, 0.6) is 0 Å². The van der Waals surface area contributed by atoms with Gasteiger partial charge < -0.3 is 16.0 Å². The fraction of sp³-hybridized carbons (Fsp3) is 0.300. The minimum absolute atomic E-state index is 0.301. The van der Waals surface area contributed by atoms with Crippen molar-refractivity contribution in [3.8, 4) is 0 Å². The number of carbonyl (C=O) groups excluding carboxylic acids is 1. The van der Waals surface area contributed by atoms with E-state index < -0.39 is 11.8 Å². The fourth-order valence-electron chi connectivity index (χ4n) is 2.71. The lowest BCUT2D eigenvalue weighted by molar-refractivity contribution is -0.121. The third-order valence-corrected chi connectivity index (χ3v) is 4.14. The number of amides is 1. The Morgan fingerprint density at radius 3 is 2.38 bits per heavy atom. The van der Waals surface area contributed by atoms with Crippen molar-refractivity contribution in [2.24, 2.45) is 16.6 Å². The normalized spacial score (nSPS) is 12.5. The summed E-state index contributed by atoms with van der Waals surface area (Å²) >= 11 is 0. The van der Waals surface area contributed by atoms with Crippen LogP contribution in [-0.4, -0.2) is 37.4 Å². The van der Waals surface area contributed by atoms with Crippen LogP contribution in [0.25, 0.3) is 0 Å². The molecule has 0 aliphatic rings. The van der Waals surface area contributed by atoms with Gasteiger partial charge in [-0.2, -0.15) is 0 Å². The highest BCUT2D eigenvalue weighted by molar-refractivity contribution is 5.81. The number of primary amides is 1. The lowest BCUT2D eigenvalue weighted by atomic mass is 9.98. The second-order valence-corrected chi connectivity index (χ2v) is 6.20. The summed E-state index contributed by atoms with van der Waals surface area (Å²) in [5.74, 6) is -0.435. The molecule has 0 saturated heterocycles. The van der Waals surface area contributed by atoms with Crippen molar-refractivity contribution < 1.29 is 9.18 Å². The van der Waals surface area contributed by atoms with Gasteiger partial charge in [-0.1, -0.05) is 42.5 Å². The van der Waals surface area contributed by atoms with Gasteiger partial charge in [-0.05, 0) is 29.7 Å². The van der Waals surface area contributed by atoms with Gasteiger partial charge >= 0.3 is 0 Å². The summed E-state index contributed by atoms with van der Waals surface area (Å²) < 4.78 is 13.0. The van der Waals surface area contributed by atoms with Crippen LogP contribution in [0, 0.1) is 11.7 Å². The van der Waals surface area contributed by atoms with Crippen molar-refractivity contribution in [1.82, 2.24) is 10.2 Å². The van der Waals surface area contributed by atoms with Crippen molar-refractivity contribution in [3.63, 3.8) is 0 Å². The molecule has 1 atom stereocenters. The van der Waals surface area contributed by atoms with Crippen molar-refractivity contribution in [2.75, 3.05) is 20.6 Å². The third kappa shape index (κ3) is 5.88. The molecule has 2 aromatic carbocycles. The molecular formula is C20H25FN4O. The van der Waals surface area contributed by atoms with Gasteiger partial charge in [0, 0.05) is 27.2 Å². The number of carbonyl (C=O) groups is 1. The van der Waals surface area contributed by atoms with E-state index in [1.54, 1.807) is 19.2 Å². The number of halogens is 1. The number of nitrogens with zero attached hydrogens (tertiary/aromatic N) is 2. The highest BCUT2D eigenvalue weighted by atomic mass is 19.1. The van der Waals surface area contributed by atoms with E-state index in [-0.39, 0.29) is 5.82 Å². The van der Waals surface area contributed by atoms with E-state index in [0.717, 1.165) is 11.1 Å². The molecule has 26 heavy (non-hydrogen) atoms. The van der Waals surface area contributed by atoms with Crippen LogP contribution in [0.2, 0.25) is 0 Å². The lowest BCUT2D eigenvalue weighted by Gasteiger charge is -2.24. The standard InChI is InChI=1S/C20H25FN4O/c1-23-20(25(2)14-16-6-4-3-5-7-16)24-13-17(19(22)26)12-15-8-10-18(21)11-9-15/h3-11,17H,12-14H2,1-2H3,(H2,22,26)(H,23,24). The van der Waals surface area contributed by atoms with Gasteiger partial charge in [0.15, 0.2) is 5.96 Å². The predicted molar refractivity (Wildman–Crippen MR) is 102 cm³/mol. The van der Waals surface area contributed by atoms with Gasteiger partial charge in [0.2, 0.25) is 5.91 Å². The molecule has 0 fully saturated rings. The lowest BCUT2D eigenvalue weighted by Crippen LogP contribution is -2.43. The van der Waals surface area contributed by atoms with Gasteiger partial charge in [-0.15, -0.1) is 0 Å². The van der Waals surface area contributed by atoms with Gasteiger partial charge in [-0.25, -0.2) is 4.39 Å². The molecule has 0 saturated carbocycles. The molecule has 0 heterocycles. The van der Waals surface area contributed by atoms with Crippen LogP contribution in [0.4, 0.5) is 4.39 Å². The number of hydrogen-bond donors (Lipinski definition) is 2. The molecule has 2 aromatic rings. The zero-order valence-corrected chi connectivity index (χ0v) is 15.2. The average molecular weight is 356 g/mol. The van der Waals surface area contributed by atoms with Crippen LogP contribution in [0.1, 0.15) is 11.1 Å². The Kier molecular flexibility index (Phi) is 7.14. The quantitative estimate of drug-likeness (QED) is 0.590. The zero-order valence-electron chi connectivity index (χ0n) is 15.2. The van der Waals surface area contributed by atoms with Crippen LogP contribution in [-0.2, 0) is 17.8 Å². The summed E-state index contributed by atoms with van der Waals surface area (Å²) in [7, 11) is 3.63. The van der Waals surface area contributed by atoms with E-state index in [1.807, 2.05) is 42.3 Å². The summed E-state index contributed by atoms with van der Waals surface area (Å²) in [6.45, 7) is 1.05. The van der Waals surface area contributed by atoms with Crippen molar-refractivity contribution >= 4 is 11.9 Å². The number of rotatable bonds is 7. The first-order valence-electron chi connectivity index (χ1n) is 8.49. The molecule has 2 rings (SSSR count). The Morgan fingerprint density at radius 2 is 1.81 bits per heavy atom. The molecule has 3 N–H and O–H groups in total. The number of benzene rings is 2. The van der Waals surface area contributed by atoms with Crippen LogP contribution < -0.4 is 11.1 Å². The molecule has 6 heteroatoms. The maximum atomic E-state index is 13.0. The van der Waals surface area contributed by atoms with E-state index in [1.165, 1.54) is 12.1 Å². The Morgan fingerprint density at radius 1 is 1.15 bits per heavy atom. The summed E-state index contributed by atoms with van der Waals surface area (Å²) in [5, 5.41) is 3.20. The first-order chi connectivity index (χ1) is 12.5. The molecule has 0 spiro atoms. The van der Waals surface area contributed by atoms with Crippen molar-refractivity contribution in [1.29, 1.82) is 0 Å². The number of nitrogens with two attached hydrogens (primary N) is 1. The molecule has 0 radical (unpaired) electrons. The van der Waals surface area contributed by atoms with E-state index in [0.29, 0.717) is 25.5 Å². The van der Waals surface area contributed by atoms with E-state index in [2.05, 4.69) is 10.3 Å². The molecule has 5 nitrogen and oxygen atoms in total. The maximum Gasteiger partial charge on any atom is 0.222 e. The predicted octanol–water partition coefficient (Wildman–Crippen LogP) is 2.18. The summed E-state index contributed by atoms with van der Waals surface area (Å²) in [6.07, 6.45) is 0.446. The number of guanidine groups is 1. The van der Waals surface area contributed by atoms with Gasteiger partial charge in [0.1, 0.15) is 5.82 Å². The average Bonchev–Trinajstić information content (AvgIpc) is 2.63. The van der Waals surface area contributed by atoms with Gasteiger partial charge in [-0.3, -0.25) is 9.79 Å². The SMILES string of the molecule is CN=C(NCC(Cc1ccc(F)cc1)C(N)=O)N(C)Cc1ccccc1. The maximum absolute atomic E-state index is 13.0. The molecule has 1 unspecified atom stereocenters. The minimum Gasteiger partial charge on any atom is -0.369 e. The molecule has 0 aliphatic carbocycles. The summed E-state index contributed by atoms with van der Waals surface area (Å²) in [4.78, 5) is 18.0. The first kappa shape index (κ1) is 19.4. The second-order valence-electron chi connectivity index (χ2n) is 6.20. The molecule has 138 valence electrons. The Hall–Kier alpha value is -2.89. The second kappa shape index (κ2) is 9.56. The Bertz CT molecular complexity index is 731. The number of aliphatic imine (C=N–C) groups is 1. The van der Waals surface area contributed by atoms with Crippen LogP contribution >= 0.6 is 0 Å². The highest BCUT2D eigenvalue weighted by Gasteiger charge is 2.18. The first-order valence-corrected chi connectivity index (χ1v) is 8.49. The molecular weight excluding hydrogens is 331 g/mol. The monoisotopic (exact) mass is 356 g/mol. The van der Waals surface area contributed by atoms with Crippen molar-refractivity contribution in [3.05, 3.63) is 71.5 Å². The smallest absolute Gasteiger partial charge is 0.222 e. The van der Waals surface area contributed by atoms with E-state index >= 15 is 0 Å². The fourth-order valence-corrected chi connectivity index (χ4v) is 2.71. The summed E-state index contributed by atoms with van der Waals surface area (Å²) in [6, 6.07) is 16.2. The van der Waals surface area contributed by atoms with Crippen molar-refractivity contribution in [2.45, 2.75) is 13.0 Å². The number of nitrogens with one attached hydrogen (secondary N) is 1. The van der Waals surface area contributed by atoms with Crippen LogP contribution in [0.3, 0.4) is 0 Å². The van der Waals surface area contributed by atoms with Gasteiger partial charge in [0.25, 0.3) is 0 Å². The third-order valence-electron chi connectivity index (χ3n) is 4.14. The highest BCUT2D eigenvalue weighted by Crippen LogP contribution is 2.10. The Labute approximate surface area is 153 Å². The van der Waals surface area contributed by atoms with E-state index in [9.17, 15) is 9.18 Å². The molecule has 0 aliphatic heterocycles. The van der Waals surface area contributed by atoms with Gasteiger partial charge in [0.05, 0.1) is 5.92 Å². The molecule has 0 bridgehead atoms. The largest absolute Gasteiger partial charge is 0.369 e. The van der Waals surface area contributed by atoms with Crippen LogP contribution in [0.15, 0.2) is 59.6 Å². The zero-order chi connectivity index (χ0) is 18.9. The Balaban J connectivity index is 1.95. The molecule has 1 amide bonds.